The Hall–Kier alpha value is -2.42. The Morgan fingerprint density at radius 3 is 2.93 bits per heavy atom. The molecule has 1 aromatic carbocycles. The number of methoxy groups -OCH3 is 1. The zero-order valence-corrected chi connectivity index (χ0v) is 17.3. The van der Waals surface area contributed by atoms with Gasteiger partial charge in [0.2, 0.25) is 0 Å². The fraction of sp³-hybridized carbons (Fsp3) is 0.300. The van der Waals surface area contributed by atoms with Gasteiger partial charge in [0.15, 0.2) is 0 Å². The van der Waals surface area contributed by atoms with E-state index < -0.39 is 0 Å². The van der Waals surface area contributed by atoms with Gasteiger partial charge in [0, 0.05) is 46.4 Å². The Morgan fingerprint density at radius 2 is 2.18 bits per heavy atom. The van der Waals surface area contributed by atoms with Crippen LogP contribution in [0.3, 0.4) is 0 Å². The van der Waals surface area contributed by atoms with Gasteiger partial charge in [0.25, 0.3) is 5.91 Å². The van der Waals surface area contributed by atoms with E-state index in [4.69, 9.17) is 4.74 Å². The van der Waals surface area contributed by atoms with E-state index in [0.29, 0.717) is 5.56 Å². The highest BCUT2D eigenvalue weighted by Gasteiger charge is 2.29. The number of nitrogens with one attached hydrogen (secondary N) is 3. The molecule has 0 saturated carbocycles. The number of hydrazine groups is 1. The van der Waals surface area contributed by atoms with E-state index in [0.717, 1.165) is 28.6 Å². The molecule has 1 fully saturated rings. The van der Waals surface area contributed by atoms with Gasteiger partial charge < -0.3 is 14.6 Å². The number of carbonyl (C=O) groups excluding carboxylic acids is 1. The highest BCUT2D eigenvalue weighted by Crippen LogP contribution is 2.30. The van der Waals surface area contributed by atoms with Gasteiger partial charge in [-0.05, 0) is 53.2 Å². The maximum Gasteiger partial charge on any atom is 0.254 e. The number of benzene rings is 1. The summed E-state index contributed by atoms with van der Waals surface area (Å²) in [5, 5.41) is 4.15. The fourth-order valence-electron chi connectivity index (χ4n) is 3.66. The number of aromatic nitrogens is 2. The van der Waals surface area contributed by atoms with Gasteiger partial charge in [-0.1, -0.05) is 0 Å². The molecule has 28 heavy (non-hydrogen) atoms. The third-order valence-electron chi connectivity index (χ3n) is 4.99. The summed E-state index contributed by atoms with van der Waals surface area (Å²) in [6.45, 7) is 3.00. The Kier molecular flexibility index (Phi) is 5.34. The lowest BCUT2D eigenvalue weighted by atomic mass is 10.1. The largest absolute Gasteiger partial charge is 0.497 e. The summed E-state index contributed by atoms with van der Waals surface area (Å²) in [5.74, 6) is 0.687. The number of rotatable bonds is 5. The molecular formula is C20H22BrN5O2. The van der Waals surface area contributed by atoms with Crippen LogP contribution in [0.15, 0.2) is 47.2 Å². The van der Waals surface area contributed by atoms with Gasteiger partial charge in [-0.15, -0.1) is 0 Å². The van der Waals surface area contributed by atoms with E-state index in [9.17, 15) is 4.79 Å². The first-order chi connectivity index (χ1) is 13.6. The van der Waals surface area contributed by atoms with Crippen molar-refractivity contribution in [2.24, 2.45) is 0 Å². The van der Waals surface area contributed by atoms with Gasteiger partial charge in [-0.3, -0.25) is 9.78 Å². The summed E-state index contributed by atoms with van der Waals surface area (Å²) < 4.78 is 8.41. The molecule has 146 valence electrons. The summed E-state index contributed by atoms with van der Waals surface area (Å²) in [5.41, 5.74) is 9.38. The lowest BCUT2D eigenvalue weighted by molar-refractivity contribution is 0.0932. The molecule has 1 aliphatic rings. The first kappa shape index (κ1) is 18.9. The van der Waals surface area contributed by atoms with Gasteiger partial charge >= 0.3 is 0 Å². The minimum atomic E-state index is -0.172. The first-order valence-corrected chi connectivity index (χ1v) is 9.98. The third-order valence-corrected chi connectivity index (χ3v) is 5.42. The molecule has 8 heteroatoms. The van der Waals surface area contributed by atoms with Crippen LogP contribution >= 0.6 is 15.9 Å². The van der Waals surface area contributed by atoms with Gasteiger partial charge in [-0.25, -0.2) is 10.9 Å². The molecule has 7 nitrogen and oxygen atoms in total. The number of hydrogen-bond acceptors (Lipinski definition) is 5. The maximum atomic E-state index is 12.5. The molecule has 0 bridgehead atoms. The van der Waals surface area contributed by atoms with E-state index in [2.05, 4.69) is 60.7 Å². The molecule has 0 aliphatic carbocycles. The minimum absolute atomic E-state index is 0.0873. The van der Waals surface area contributed by atoms with Crippen molar-refractivity contribution < 1.29 is 9.53 Å². The summed E-state index contributed by atoms with van der Waals surface area (Å²) in [4.78, 5) is 16.5. The van der Waals surface area contributed by atoms with Gasteiger partial charge in [-0.2, -0.15) is 0 Å². The zero-order valence-electron chi connectivity index (χ0n) is 15.7. The number of aryl methyl sites for hydroxylation is 1. The molecule has 3 heterocycles. The molecular weight excluding hydrogens is 422 g/mol. The van der Waals surface area contributed by atoms with Crippen molar-refractivity contribution in [1.29, 1.82) is 0 Å². The SMILES string of the molecule is CCn1c(C2CC(NC(=O)c3cncc(Br)c3)NN2)cc2cc(OC)ccc21. The normalized spacial score (nSPS) is 19.1. The molecule has 3 aromatic rings. The van der Waals surface area contributed by atoms with Crippen molar-refractivity contribution in [1.82, 2.24) is 25.7 Å². The number of nitrogens with zero attached hydrogens (tertiary/aromatic N) is 2. The number of pyridine rings is 1. The summed E-state index contributed by atoms with van der Waals surface area (Å²) in [6.07, 6.45) is 3.78. The predicted molar refractivity (Wildman–Crippen MR) is 111 cm³/mol. The highest BCUT2D eigenvalue weighted by molar-refractivity contribution is 9.10. The molecule has 0 radical (unpaired) electrons. The monoisotopic (exact) mass is 443 g/mol. The van der Waals surface area contributed by atoms with Crippen LogP contribution in [-0.2, 0) is 6.54 Å². The van der Waals surface area contributed by atoms with Crippen LogP contribution in [0, 0.1) is 0 Å². The zero-order chi connectivity index (χ0) is 19.7. The van der Waals surface area contributed by atoms with E-state index in [1.54, 1.807) is 25.6 Å². The van der Waals surface area contributed by atoms with E-state index in [-0.39, 0.29) is 18.1 Å². The van der Waals surface area contributed by atoms with Crippen LogP contribution in [0.25, 0.3) is 10.9 Å². The average Bonchev–Trinajstić information content (AvgIpc) is 3.31. The molecule has 1 aliphatic heterocycles. The van der Waals surface area contributed by atoms with Crippen LogP contribution < -0.4 is 20.9 Å². The minimum Gasteiger partial charge on any atom is -0.497 e. The standard InChI is InChI=1S/C20H22BrN5O2/c1-3-26-17-5-4-15(28-2)7-12(17)8-18(26)16-9-19(25-24-16)23-20(27)13-6-14(21)11-22-10-13/h4-8,10-11,16,19,24-25H,3,9H2,1-2H3,(H,23,27). The molecule has 1 saturated heterocycles. The second-order valence-electron chi connectivity index (χ2n) is 6.73. The fourth-order valence-corrected chi connectivity index (χ4v) is 4.03. The topological polar surface area (TPSA) is 80.2 Å². The predicted octanol–water partition coefficient (Wildman–Crippen LogP) is 3.12. The average molecular weight is 444 g/mol. The van der Waals surface area contributed by atoms with Crippen LogP contribution in [0.1, 0.15) is 35.4 Å². The van der Waals surface area contributed by atoms with Gasteiger partial charge in [0.1, 0.15) is 5.75 Å². The maximum absolute atomic E-state index is 12.5. The summed E-state index contributed by atoms with van der Waals surface area (Å²) in [6, 6.07) is 10.1. The smallest absolute Gasteiger partial charge is 0.254 e. The van der Waals surface area contributed by atoms with Gasteiger partial charge in [0.05, 0.1) is 24.9 Å². The first-order valence-electron chi connectivity index (χ1n) is 9.18. The quantitative estimate of drug-likeness (QED) is 0.564. The second-order valence-corrected chi connectivity index (χ2v) is 7.65. The highest BCUT2D eigenvalue weighted by atomic mass is 79.9. The summed E-state index contributed by atoms with van der Waals surface area (Å²) in [7, 11) is 1.68. The Balaban J connectivity index is 1.51. The Labute approximate surface area is 171 Å². The Morgan fingerprint density at radius 1 is 1.32 bits per heavy atom. The van der Waals surface area contributed by atoms with Crippen molar-refractivity contribution in [2.45, 2.75) is 32.1 Å². The number of hydrogen-bond donors (Lipinski definition) is 3. The van der Waals surface area contributed by atoms with E-state index >= 15 is 0 Å². The lowest BCUT2D eigenvalue weighted by Gasteiger charge is -2.14. The van der Waals surface area contributed by atoms with E-state index in [1.165, 1.54) is 11.2 Å². The molecule has 3 N–H and O–H groups in total. The molecule has 2 aromatic heterocycles. The molecule has 2 atom stereocenters. The van der Waals surface area contributed by atoms with Crippen LogP contribution in [0.4, 0.5) is 0 Å². The number of halogens is 1. The molecule has 1 amide bonds. The summed E-state index contributed by atoms with van der Waals surface area (Å²) >= 11 is 3.34. The van der Waals surface area contributed by atoms with Crippen LogP contribution in [0.5, 0.6) is 5.75 Å². The molecule has 0 spiro atoms. The van der Waals surface area contributed by atoms with E-state index in [1.807, 2.05) is 12.1 Å². The van der Waals surface area contributed by atoms with Crippen molar-refractivity contribution in [2.75, 3.05) is 7.11 Å². The second kappa shape index (κ2) is 7.90. The van der Waals surface area contributed by atoms with Crippen LogP contribution in [-0.4, -0.2) is 28.7 Å². The number of ether oxygens (including phenoxy) is 1. The third kappa shape index (κ3) is 3.63. The van der Waals surface area contributed by atoms with Crippen molar-refractivity contribution in [3.8, 4) is 5.75 Å². The van der Waals surface area contributed by atoms with Crippen molar-refractivity contribution >= 4 is 32.7 Å². The Bertz CT molecular complexity index is 1020. The number of amides is 1. The molecule has 2 unspecified atom stereocenters. The number of carbonyl (C=O) groups is 1. The lowest BCUT2D eigenvalue weighted by Crippen LogP contribution is -2.44. The molecule has 4 rings (SSSR count). The van der Waals surface area contributed by atoms with Crippen molar-refractivity contribution in [3.05, 3.63) is 58.5 Å². The number of fused-ring (bicyclic) bond motifs is 1. The van der Waals surface area contributed by atoms with Crippen LogP contribution in [0.2, 0.25) is 0 Å². The van der Waals surface area contributed by atoms with Crippen molar-refractivity contribution in [3.63, 3.8) is 0 Å².